The Morgan fingerprint density at radius 3 is 2.29 bits per heavy atom. The van der Waals surface area contributed by atoms with Gasteiger partial charge in [-0.3, -0.25) is 9.59 Å². The minimum atomic E-state index is -1.87. The van der Waals surface area contributed by atoms with E-state index in [2.05, 4.69) is 0 Å². The second-order valence-corrected chi connectivity index (χ2v) is 6.41. The maximum absolute atomic E-state index is 10.9. The smallest absolute Gasteiger partial charge is 0.334 e. The number of aldehydes is 1. The standard InChI is InChI=1S/C11H12O3.C9H10O5/c1-8(13)7-10-4-2-3-9(5-6-12)11(10)14;1-9(14)5(7(10)11)3-2-4-6(9)8(12)13/h2-4,6,14H,5,7H2,1H3;2-5,14H,1H3,(H,10,11)(H,12,13). The van der Waals surface area contributed by atoms with Gasteiger partial charge in [-0.25, -0.2) is 4.79 Å². The van der Waals surface area contributed by atoms with E-state index in [0.29, 0.717) is 11.1 Å². The number of carboxylic acid groups (broad SMARTS) is 2. The maximum atomic E-state index is 10.9. The molecule has 0 radical (unpaired) electrons. The van der Waals surface area contributed by atoms with E-state index in [4.69, 9.17) is 10.2 Å². The molecule has 0 spiro atoms. The van der Waals surface area contributed by atoms with Gasteiger partial charge < -0.3 is 25.2 Å². The summed E-state index contributed by atoms with van der Waals surface area (Å²) in [5.41, 5.74) is -1.03. The Morgan fingerprint density at radius 1 is 1.18 bits per heavy atom. The van der Waals surface area contributed by atoms with Gasteiger partial charge in [-0.2, -0.15) is 0 Å². The van der Waals surface area contributed by atoms with Gasteiger partial charge in [-0.05, 0) is 19.9 Å². The molecular formula is C20H22O8. The van der Waals surface area contributed by atoms with Crippen molar-refractivity contribution in [2.45, 2.75) is 32.3 Å². The van der Waals surface area contributed by atoms with Gasteiger partial charge in [0.15, 0.2) is 0 Å². The van der Waals surface area contributed by atoms with E-state index in [0.717, 1.165) is 6.29 Å². The zero-order valence-corrected chi connectivity index (χ0v) is 15.5. The number of carbonyl (C=O) groups is 4. The molecule has 2 rings (SSSR count). The van der Waals surface area contributed by atoms with Crippen LogP contribution in [-0.4, -0.2) is 50.0 Å². The first-order valence-corrected chi connectivity index (χ1v) is 8.32. The van der Waals surface area contributed by atoms with Crippen LogP contribution in [0.2, 0.25) is 0 Å². The molecule has 8 nitrogen and oxygen atoms in total. The summed E-state index contributed by atoms with van der Waals surface area (Å²) < 4.78 is 0. The number of phenolic OH excluding ortho intramolecular Hbond substituents is 1. The largest absolute Gasteiger partial charge is 0.507 e. The van der Waals surface area contributed by atoms with Crippen LogP contribution in [0.4, 0.5) is 0 Å². The zero-order valence-electron chi connectivity index (χ0n) is 15.5. The molecule has 1 aromatic rings. The highest BCUT2D eigenvalue weighted by molar-refractivity contribution is 5.92. The van der Waals surface area contributed by atoms with Crippen LogP contribution in [0.25, 0.3) is 0 Å². The van der Waals surface area contributed by atoms with Gasteiger partial charge in [-0.15, -0.1) is 0 Å². The van der Waals surface area contributed by atoms with E-state index < -0.39 is 23.5 Å². The van der Waals surface area contributed by atoms with Gasteiger partial charge in [-0.1, -0.05) is 30.4 Å². The van der Waals surface area contributed by atoms with E-state index >= 15 is 0 Å². The highest BCUT2D eigenvalue weighted by Gasteiger charge is 2.43. The SMILES string of the molecule is CC(=O)Cc1cccc(CC=O)c1O.CC1(O)C(C(=O)O)=CC=CC1C(=O)O. The number of aliphatic carboxylic acids is 2. The number of hydrogen-bond donors (Lipinski definition) is 4. The molecule has 0 fully saturated rings. The number of rotatable bonds is 6. The minimum absolute atomic E-state index is 0.0106. The molecule has 0 saturated heterocycles. The topological polar surface area (TPSA) is 149 Å². The number of phenols is 1. The predicted octanol–water partition coefficient (Wildman–Crippen LogP) is 1.28. The van der Waals surface area contributed by atoms with Crippen molar-refractivity contribution in [3.63, 3.8) is 0 Å². The van der Waals surface area contributed by atoms with E-state index in [-0.39, 0.29) is 29.9 Å². The molecule has 2 atom stereocenters. The average Bonchev–Trinajstić information content (AvgIpc) is 2.57. The normalized spacial score (nSPS) is 20.4. The molecule has 1 aliphatic carbocycles. The molecule has 1 aliphatic rings. The summed E-state index contributed by atoms with van der Waals surface area (Å²) in [4.78, 5) is 42.5. The lowest BCUT2D eigenvalue weighted by Crippen LogP contribution is -2.43. The second kappa shape index (κ2) is 9.61. The third-order valence-electron chi connectivity index (χ3n) is 4.16. The van der Waals surface area contributed by atoms with Crippen LogP contribution in [0, 0.1) is 5.92 Å². The lowest BCUT2D eigenvalue weighted by Gasteiger charge is -2.30. The van der Waals surface area contributed by atoms with Crippen molar-refractivity contribution in [2.75, 3.05) is 0 Å². The predicted molar refractivity (Wildman–Crippen MR) is 98.9 cm³/mol. The lowest BCUT2D eigenvalue weighted by molar-refractivity contribution is -0.147. The monoisotopic (exact) mass is 390 g/mol. The summed E-state index contributed by atoms with van der Waals surface area (Å²) >= 11 is 0. The number of para-hydroxylation sites is 1. The number of hydrogen-bond acceptors (Lipinski definition) is 6. The molecule has 0 saturated carbocycles. The first-order chi connectivity index (χ1) is 13.0. The Hall–Kier alpha value is -3.26. The Morgan fingerprint density at radius 2 is 1.79 bits per heavy atom. The van der Waals surface area contributed by atoms with Crippen molar-refractivity contribution in [1.29, 1.82) is 0 Å². The molecule has 150 valence electrons. The summed E-state index contributed by atoms with van der Waals surface area (Å²) in [5.74, 6) is -3.74. The van der Waals surface area contributed by atoms with E-state index in [1.165, 1.54) is 32.1 Å². The Bertz CT molecular complexity index is 833. The third-order valence-corrected chi connectivity index (χ3v) is 4.16. The molecule has 1 aromatic carbocycles. The van der Waals surface area contributed by atoms with Crippen LogP contribution >= 0.6 is 0 Å². The highest BCUT2D eigenvalue weighted by atomic mass is 16.4. The summed E-state index contributed by atoms with van der Waals surface area (Å²) in [6.07, 6.45) is 4.89. The number of benzene rings is 1. The lowest BCUT2D eigenvalue weighted by atomic mass is 9.79. The maximum Gasteiger partial charge on any atom is 0.334 e. The van der Waals surface area contributed by atoms with Gasteiger partial charge in [0.2, 0.25) is 0 Å². The minimum Gasteiger partial charge on any atom is -0.507 e. The molecule has 0 aliphatic heterocycles. The van der Waals surface area contributed by atoms with Crippen LogP contribution in [0.15, 0.2) is 42.0 Å². The first kappa shape index (κ1) is 22.8. The van der Waals surface area contributed by atoms with Crippen molar-refractivity contribution in [2.24, 2.45) is 5.92 Å². The van der Waals surface area contributed by atoms with Gasteiger partial charge in [0, 0.05) is 24.0 Å². The molecule has 0 bridgehead atoms. The molecule has 2 unspecified atom stereocenters. The van der Waals surface area contributed by atoms with Crippen molar-refractivity contribution in [3.8, 4) is 5.75 Å². The average molecular weight is 390 g/mol. The van der Waals surface area contributed by atoms with Crippen LogP contribution in [0.5, 0.6) is 5.75 Å². The fraction of sp³-hybridized carbons (Fsp3) is 0.300. The summed E-state index contributed by atoms with van der Waals surface area (Å²) in [6.45, 7) is 2.64. The van der Waals surface area contributed by atoms with E-state index in [1.807, 2.05) is 0 Å². The van der Waals surface area contributed by atoms with Crippen molar-refractivity contribution < 1.29 is 39.6 Å². The van der Waals surface area contributed by atoms with Crippen molar-refractivity contribution in [3.05, 3.63) is 53.1 Å². The summed E-state index contributed by atoms with van der Waals surface area (Å²) in [7, 11) is 0. The first-order valence-electron chi connectivity index (χ1n) is 8.32. The number of aromatic hydroxyl groups is 1. The number of ketones is 1. The van der Waals surface area contributed by atoms with Gasteiger partial charge in [0.25, 0.3) is 0 Å². The molecule has 28 heavy (non-hydrogen) atoms. The van der Waals surface area contributed by atoms with Crippen LogP contribution in [0.1, 0.15) is 25.0 Å². The number of allylic oxidation sites excluding steroid dienone is 2. The van der Waals surface area contributed by atoms with E-state index in [1.54, 1.807) is 18.2 Å². The van der Waals surface area contributed by atoms with Gasteiger partial charge in [0.1, 0.15) is 29.3 Å². The molecule has 0 heterocycles. The second-order valence-electron chi connectivity index (χ2n) is 6.41. The molecule has 4 N–H and O–H groups in total. The fourth-order valence-electron chi connectivity index (χ4n) is 2.71. The number of aliphatic hydroxyl groups is 1. The fourth-order valence-corrected chi connectivity index (χ4v) is 2.71. The molecule has 0 amide bonds. The Balaban J connectivity index is 0.000000280. The Labute approximate surface area is 161 Å². The summed E-state index contributed by atoms with van der Waals surface area (Å²) in [5, 5.41) is 36.9. The van der Waals surface area contributed by atoms with Crippen LogP contribution < -0.4 is 0 Å². The van der Waals surface area contributed by atoms with Crippen molar-refractivity contribution in [1.82, 2.24) is 0 Å². The Kier molecular flexibility index (Phi) is 7.82. The number of carboxylic acids is 2. The van der Waals surface area contributed by atoms with Crippen LogP contribution in [-0.2, 0) is 32.0 Å². The molecule has 0 aromatic heterocycles. The van der Waals surface area contributed by atoms with Gasteiger partial charge >= 0.3 is 11.9 Å². The zero-order chi connectivity index (χ0) is 21.5. The van der Waals surface area contributed by atoms with E-state index in [9.17, 15) is 29.4 Å². The number of carbonyl (C=O) groups excluding carboxylic acids is 2. The summed E-state index contributed by atoms with van der Waals surface area (Å²) in [6, 6.07) is 5.09. The molecule has 8 heteroatoms. The van der Waals surface area contributed by atoms with Crippen molar-refractivity contribution >= 4 is 24.0 Å². The van der Waals surface area contributed by atoms with Crippen LogP contribution in [0.3, 0.4) is 0 Å². The number of Topliss-reactive ketones (excluding diaryl/α,β-unsaturated/α-hetero) is 1. The molecular weight excluding hydrogens is 368 g/mol. The van der Waals surface area contributed by atoms with Gasteiger partial charge in [0.05, 0.1) is 5.57 Å². The quantitative estimate of drug-likeness (QED) is 0.531. The third kappa shape index (κ3) is 5.62. The highest BCUT2D eigenvalue weighted by Crippen LogP contribution is 2.30.